The van der Waals surface area contributed by atoms with E-state index in [1.165, 1.54) is 22.3 Å². The van der Waals surface area contributed by atoms with Crippen LogP contribution in [0, 0.1) is 27.7 Å². The summed E-state index contributed by atoms with van der Waals surface area (Å²) in [7, 11) is 3.64. The van der Waals surface area contributed by atoms with E-state index < -0.39 is 0 Å². The number of aryl methyl sites for hydroxylation is 2. The van der Waals surface area contributed by atoms with Crippen LogP contribution in [0.1, 0.15) is 22.3 Å². The Hall–Kier alpha value is -1.39. The van der Waals surface area contributed by atoms with Gasteiger partial charge in [0.1, 0.15) is 0 Å². The fraction of sp³-hybridized carbons (Fsp3) is 0.333. The van der Waals surface area contributed by atoms with Gasteiger partial charge in [0.05, 0.1) is 0 Å². The molecular formula is C18H24F2N2Ti. The first-order chi connectivity index (χ1) is 9.51. The monoisotopic (exact) mass is 354 g/mol. The van der Waals surface area contributed by atoms with Crippen molar-refractivity contribution in [2.75, 3.05) is 14.1 Å². The van der Waals surface area contributed by atoms with E-state index in [4.69, 9.17) is 0 Å². The van der Waals surface area contributed by atoms with E-state index in [0.717, 1.165) is 11.4 Å². The molecule has 124 valence electrons. The molecule has 0 amide bonds. The van der Waals surface area contributed by atoms with Crippen molar-refractivity contribution in [1.29, 1.82) is 0 Å². The Bertz CT molecular complexity index is 523. The number of hydrogen-bond acceptors (Lipinski definition) is 0. The third-order valence-corrected chi connectivity index (χ3v) is 3.63. The Morgan fingerprint density at radius 2 is 0.913 bits per heavy atom. The first kappa shape index (κ1) is 26.5. The normalized spacial score (nSPS) is 8.26. The van der Waals surface area contributed by atoms with Gasteiger partial charge in [0.25, 0.3) is 0 Å². The van der Waals surface area contributed by atoms with Crippen LogP contribution in [0.5, 0.6) is 0 Å². The molecular weight excluding hydrogens is 330 g/mol. The second-order valence-electron chi connectivity index (χ2n) is 4.89. The van der Waals surface area contributed by atoms with Crippen LogP contribution in [0.4, 0.5) is 11.4 Å². The molecule has 0 saturated carbocycles. The van der Waals surface area contributed by atoms with Crippen molar-refractivity contribution in [3.05, 3.63) is 69.3 Å². The van der Waals surface area contributed by atoms with Gasteiger partial charge in [-0.25, -0.2) is 0 Å². The van der Waals surface area contributed by atoms with E-state index in [1.807, 2.05) is 38.4 Å². The Labute approximate surface area is 153 Å². The number of nitrogens with zero attached hydrogens (tertiary/aromatic N) is 2. The van der Waals surface area contributed by atoms with Gasteiger partial charge < -0.3 is 20.0 Å². The second-order valence-corrected chi connectivity index (χ2v) is 4.89. The topological polar surface area (TPSA) is 28.2 Å². The summed E-state index contributed by atoms with van der Waals surface area (Å²) < 4.78 is 0. The first-order valence-electron chi connectivity index (χ1n) is 6.83. The predicted octanol–water partition coefficient (Wildman–Crippen LogP) is -0.118. The van der Waals surface area contributed by atoms with Crippen molar-refractivity contribution in [2.24, 2.45) is 0 Å². The molecule has 0 fully saturated rings. The third-order valence-electron chi connectivity index (χ3n) is 3.63. The number of rotatable bonds is 2. The van der Waals surface area contributed by atoms with E-state index in [1.54, 1.807) is 0 Å². The summed E-state index contributed by atoms with van der Waals surface area (Å²) in [4.78, 5) is 0. The minimum atomic E-state index is 0. The Kier molecular flexibility index (Phi) is 15.1. The molecule has 0 saturated heterocycles. The maximum absolute atomic E-state index is 4.13. The predicted molar refractivity (Wildman–Crippen MR) is 89.7 cm³/mol. The van der Waals surface area contributed by atoms with E-state index in [9.17, 15) is 0 Å². The maximum atomic E-state index is 4.13. The summed E-state index contributed by atoms with van der Waals surface area (Å²) in [5, 5.41) is 8.26. The second kappa shape index (κ2) is 13.1. The largest absolute Gasteiger partial charge is 4.00 e. The first-order valence-corrected chi connectivity index (χ1v) is 6.83. The Balaban J connectivity index is -0.000000308. The van der Waals surface area contributed by atoms with Crippen LogP contribution in [0.3, 0.4) is 0 Å². The van der Waals surface area contributed by atoms with Gasteiger partial charge in [-0.3, -0.25) is 0 Å². The molecule has 0 aliphatic heterocycles. The fourth-order valence-electron chi connectivity index (χ4n) is 1.96. The van der Waals surface area contributed by atoms with Gasteiger partial charge in [0, 0.05) is 0 Å². The number of benzene rings is 2. The van der Waals surface area contributed by atoms with Crippen molar-refractivity contribution in [1.82, 2.24) is 0 Å². The van der Waals surface area contributed by atoms with Crippen molar-refractivity contribution < 1.29 is 31.1 Å². The van der Waals surface area contributed by atoms with Gasteiger partial charge in [-0.2, -0.15) is 0 Å². The SMILES string of the molecule is C[N-]c1cccc(C)c1C.C[N-]c1cccc(C)c1C.[F-].[F-].[Ti+4]. The van der Waals surface area contributed by atoms with Gasteiger partial charge in [0.15, 0.2) is 0 Å². The van der Waals surface area contributed by atoms with Crippen molar-refractivity contribution in [3.63, 3.8) is 0 Å². The van der Waals surface area contributed by atoms with Crippen LogP contribution < -0.4 is 9.41 Å². The summed E-state index contributed by atoms with van der Waals surface area (Å²) in [5.41, 5.74) is 7.38. The van der Waals surface area contributed by atoms with Crippen LogP contribution in [0.15, 0.2) is 36.4 Å². The van der Waals surface area contributed by atoms with Crippen LogP contribution in [-0.2, 0) is 21.7 Å². The minimum absolute atomic E-state index is 0. The van der Waals surface area contributed by atoms with Gasteiger partial charge in [-0.1, -0.05) is 47.5 Å². The van der Waals surface area contributed by atoms with Crippen molar-refractivity contribution in [3.8, 4) is 0 Å². The number of hydrogen-bond donors (Lipinski definition) is 0. The molecule has 2 aromatic carbocycles. The molecule has 0 aliphatic rings. The molecule has 0 aromatic heterocycles. The average molecular weight is 354 g/mol. The van der Waals surface area contributed by atoms with E-state index >= 15 is 0 Å². The van der Waals surface area contributed by atoms with Gasteiger partial charge in [0.2, 0.25) is 0 Å². The summed E-state index contributed by atoms with van der Waals surface area (Å²) in [6, 6.07) is 12.3. The van der Waals surface area contributed by atoms with Crippen LogP contribution in [-0.4, -0.2) is 14.1 Å². The quantitative estimate of drug-likeness (QED) is 0.673. The van der Waals surface area contributed by atoms with Crippen molar-refractivity contribution >= 4 is 11.4 Å². The summed E-state index contributed by atoms with van der Waals surface area (Å²) in [6.45, 7) is 8.39. The molecule has 0 heterocycles. The molecule has 5 heteroatoms. The molecule has 0 unspecified atom stereocenters. The molecule has 23 heavy (non-hydrogen) atoms. The maximum Gasteiger partial charge on any atom is 4.00 e. The van der Waals surface area contributed by atoms with E-state index in [0.29, 0.717) is 0 Å². The molecule has 0 aliphatic carbocycles. The average Bonchev–Trinajstić information content (AvgIpc) is 2.45. The summed E-state index contributed by atoms with van der Waals surface area (Å²) in [5.74, 6) is 0. The zero-order chi connectivity index (χ0) is 15.1. The Morgan fingerprint density at radius 3 is 1.13 bits per heavy atom. The van der Waals surface area contributed by atoms with Crippen LogP contribution >= 0.6 is 0 Å². The standard InChI is InChI=1S/2C9H12N.2FH.Ti/c2*1-7-5-4-6-9(10-3)8(7)2;;;/h2*4-6H,1-3H3;2*1H;/q2*-1;;;+4/p-2. The fourth-order valence-corrected chi connectivity index (χ4v) is 1.96. The van der Waals surface area contributed by atoms with Gasteiger partial charge in [-0.05, 0) is 38.8 Å². The molecule has 2 aromatic rings. The Morgan fingerprint density at radius 1 is 0.609 bits per heavy atom. The smallest absolute Gasteiger partial charge is 1.00 e. The minimum Gasteiger partial charge on any atom is -1.00 e. The van der Waals surface area contributed by atoms with E-state index in [-0.39, 0.29) is 31.1 Å². The van der Waals surface area contributed by atoms with Crippen LogP contribution in [0.25, 0.3) is 10.6 Å². The molecule has 0 bridgehead atoms. The van der Waals surface area contributed by atoms with Gasteiger partial charge in [-0.15, -0.1) is 25.5 Å². The summed E-state index contributed by atoms with van der Waals surface area (Å²) >= 11 is 0. The molecule has 0 radical (unpaired) electrons. The molecule has 0 spiro atoms. The van der Waals surface area contributed by atoms with E-state index in [2.05, 4.69) is 50.5 Å². The van der Waals surface area contributed by atoms with Crippen molar-refractivity contribution in [2.45, 2.75) is 27.7 Å². The zero-order valence-electron chi connectivity index (χ0n) is 14.6. The third kappa shape index (κ3) is 7.62. The zero-order valence-corrected chi connectivity index (χ0v) is 16.2. The number of halogens is 2. The summed E-state index contributed by atoms with van der Waals surface area (Å²) in [6.07, 6.45) is 0. The molecule has 2 nitrogen and oxygen atoms in total. The van der Waals surface area contributed by atoms with Crippen LogP contribution in [0.2, 0.25) is 0 Å². The van der Waals surface area contributed by atoms with Gasteiger partial charge >= 0.3 is 21.7 Å². The molecule has 0 atom stereocenters. The molecule has 0 N–H and O–H groups in total. The molecule has 2 rings (SSSR count).